The summed E-state index contributed by atoms with van der Waals surface area (Å²) >= 11 is 0. The van der Waals surface area contributed by atoms with Crippen LogP contribution < -0.4 is 15.5 Å². The van der Waals surface area contributed by atoms with Crippen LogP contribution in [0.25, 0.3) is 11.3 Å². The molecule has 4 N–H and O–H groups in total. The highest BCUT2D eigenvalue weighted by molar-refractivity contribution is 7.91. The van der Waals surface area contributed by atoms with E-state index >= 15 is 0 Å². The number of nitrogens with one attached hydrogen (secondary N) is 2. The number of nitrogens with zero attached hydrogens (tertiary/aromatic N) is 2. The van der Waals surface area contributed by atoms with Crippen molar-refractivity contribution in [2.24, 2.45) is 0 Å². The average Bonchev–Trinajstić information content (AvgIpc) is 2.91. The van der Waals surface area contributed by atoms with Gasteiger partial charge in [-0.2, -0.15) is 0 Å². The van der Waals surface area contributed by atoms with E-state index in [2.05, 4.69) is 22.4 Å². The zero-order valence-electron chi connectivity index (χ0n) is 21.3. The van der Waals surface area contributed by atoms with Crippen LogP contribution in [0.2, 0.25) is 0 Å². The van der Waals surface area contributed by atoms with Crippen molar-refractivity contribution in [3.63, 3.8) is 0 Å². The first kappa shape index (κ1) is 32.2. The van der Waals surface area contributed by atoms with E-state index in [1.807, 2.05) is 25.1 Å². The van der Waals surface area contributed by atoms with E-state index in [4.69, 9.17) is 9.84 Å². The number of ether oxygens (including phenoxy) is 1. The second kappa shape index (κ2) is 13.9. The number of carbonyl (C=O) groups is 1. The molecule has 0 spiro atoms. The van der Waals surface area contributed by atoms with Crippen LogP contribution in [0.1, 0.15) is 42.7 Å². The number of amides is 1. The number of sulfonamides is 1. The zero-order chi connectivity index (χ0) is 25.8. The number of piperidine rings is 2. The smallest absolute Gasteiger partial charge is 0.266 e. The van der Waals surface area contributed by atoms with Crippen molar-refractivity contribution in [1.82, 2.24) is 20.1 Å². The Bertz CT molecular complexity index is 1190. The van der Waals surface area contributed by atoms with Crippen molar-refractivity contribution in [3.05, 3.63) is 47.5 Å². The molecule has 2 aromatic rings. The Morgan fingerprint density at radius 3 is 2.47 bits per heavy atom. The molecule has 10 nitrogen and oxygen atoms in total. The number of aromatic nitrogens is 1. The van der Waals surface area contributed by atoms with Gasteiger partial charge in [-0.3, -0.25) is 10.0 Å². The molecule has 0 unspecified atom stereocenters. The number of benzene rings is 1. The largest absolute Gasteiger partial charge is 0.475 e. The first-order valence-corrected chi connectivity index (χ1v) is 13.7. The summed E-state index contributed by atoms with van der Waals surface area (Å²) in [6.45, 7) is 3.59. The molecule has 38 heavy (non-hydrogen) atoms. The molecule has 212 valence electrons. The molecule has 0 radical (unpaired) electrons. The molecule has 2 aliphatic heterocycles. The van der Waals surface area contributed by atoms with Gasteiger partial charge in [-0.25, -0.2) is 23.2 Å². The molecule has 2 fully saturated rings. The molecule has 0 atom stereocenters. The molecular formula is C25H36Cl2N4O6S. The second-order valence-electron chi connectivity index (χ2n) is 9.37. The number of rotatable bonds is 8. The number of aryl methyl sites for hydroxylation is 1. The fraction of sp³-hybridized carbons (Fsp3) is 0.520. The van der Waals surface area contributed by atoms with E-state index in [1.54, 1.807) is 11.5 Å². The lowest BCUT2D eigenvalue weighted by Crippen LogP contribution is -2.61. The summed E-state index contributed by atoms with van der Waals surface area (Å²) in [7, 11) is -3.94. The fourth-order valence-electron chi connectivity index (χ4n) is 5.23. The maximum absolute atomic E-state index is 13.6. The third-order valence-corrected chi connectivity index (χ3v) is 9.90. The minimum Gasteiger partial charge on any atom is -0.475 e. The predicted molar refractivity (Wildman–Crippen MR) is 149 cm³/mol. The molecule has 2 saturated heterocycles. The van der Waals surface area contributed by atoms with Crippen molar-refractivity contribution in [3.8, 4) is 17.1 Å². The topological polar surface area (TPSA) is 141 Å². The SMILES string of the molecule is Cc1cc(C2CCN(S(=O)(=O)C3(C(=O)NO)CCNCC3)CC2)ccc1-c1cccc(OCCO)n1.Cl.Cl. The van der Waals surface area contributed by atoms with Crippen molar-refractivity contribution < 1.29 is 28.3 Å². The predicted octanol–water partition coefficient (Wildman–Crippen LogP) is 2.41. The minimum absolute atomic E-state index is 0. The summed E-state index contributed by atoms with van der Waals surface area (Å²) in [5.74, 6) is -0.191. The highest BCUT2D eigenvalue weighted by Gasteiger charge is 2.54. The maximum Gasteiger partial charge on any atom is 0.266 e. The lowest BCUT2D eigenvalue weighted by molar-refractivity contribution is -0.132. The molecule has 1 aromatic carbocycles. The van der Waals surface area contributed by atoms with E-state index in [0.29, 0.717) is 44.9 Å². The standard InChI is InChI=1S/C25H34N4O6S.2ClH/c1-18-17-20(5-6-21(18)22-3-2-4-23(27-22)35-16-15-30)19-7-13-29(14-8-19)36(33,34)25(24(31)28-32)9-11-26-12-10-25;;/h2-6,17,19,26,30,32H,7-16H2,1H3,(H,28,31);2*1H. The summed E-state index contributed by atoms with van der Waals surface area (Å²) in [4.78, 5) is 17.0. The molecule has 3 heterocycles. The van der Waals surface area contributed by atoms with E-state index < -0.39 is 20.7 Å². The van der Waals surface area contributed by atoms with Gasteiger partial charge in [-0.15, -0.1) is 24.8 Å². The number of carbonyl (C=O) groups excluding carboxylic acids is 1. The molecule has 4 rings (SSSR count). The lowest BCUT2D eigenvalue weighted by atomic mass is 9.88. The Balaban J connectivity index is 0.00000253. The van der Waals surface area contributed by atoms with Crippen molar-refractivity contribution in [2.45, 2.75) is 43.3 Å². The van der Waals surface area contributed by atoms with Crippen LogP contribution in [-0.2, 0) is 14.8 Å². The molecule has 13 heteroatoms. The van der Waals surface area contributed by atoms with Gasteiger partial charge in [0.1, 0.15) is 6.61 Å². The molecule has 1 aromatic heterocycles. The third-order valence-electron chi connectivity index (χ3n) is 7.28. The van der Waals surface area contributed by atoms with Gasteiger partial charge in [-0.1, -0.05) is 24.3 Å². The quantitative estimate of drug-likeness (QED) is 0.271. The summed E-state index contributed by atoms with van der Waals surface area (Å²) < 4.78 is 32.3. The number of hydrogen-bond donors (Lipinski definition) is 4. The van der Waals surface area contributed by atoms with Gasteiger partial charge in [0.25, 0.3) is 5.91 Å². The molecule has 0 saturated carbocycles. The Hall–Kier alpha value is -1.99. The van der Waals surface area contributed by atoms with E-state index in [0.717, 1.165) is 22.4 Å². The van der Waals surface area contributed by atoms with E-state index in [-0.39, 0.29) is 56.8 Å². The molecule has 0 bridgehead atoms. The Morgan fingerprint density at radius 2 is 1.87 bits per heavy atom. The summed E-state index contributed by atoms with van der Waals surface area (Å²) in [5, 5.41) is 21.3. The first-order chi connectivity index (χ1) is 17.3. The normalized spacial score (nSPS) is 18.1. The van der Waals surface area contributed by atoms with Crippen LogP contribution in [0.3, 0.4) is 0 Å². The van der Waals surface area contributed by atoms with Gasteiger partial charge in [0.15, 0.2) is 4.75 Å². The van der Waals surface area contributed by atoms with Crippen LogP contribution in [-0.4, -0.2) is 78.1 Å². The highest BCUT2D eigenvalue weighted by atomic mass is 35.5. The summed E-state index contributed by atoms with van der Waals surface area (Å²) in [6.07, 6.45) is 1.55. The maximum atomic E-state index is 13.6. The first-order valence-electron chi connectivity index (χ1n) is 12.3. The average molecular weight is 592 g/mol. The third kappa shape index (κ3) is 6.41. The number of hydroxylamine groups is 1. The molecular weight excluding hydrogens is 555 g/mol. The van der Waals surface area contributed by atoms with Gasteiger partial charge in [0, 0.05) is 24.7 Å². The summed E-state index contributed by atoms with van der Waals surface area (Å²) in [6, 6.07) is 11.7. The molecule has 0 aliphatic carbocycles. The van der Waals surface area contributed by atoms with Gasteiger partial charge in [0.05, 0.1) is 12.3 Å². The number of pyridine rings is 1. The van der Waals surface area contributed by atoms with Crippen LogP contribution >= 0.6 is 24.8 Å². The van der Waals surface area contributed by atoms with Crippen LogP contribution in [0.15, 0.2) is 36.4 Å². The second-order valence-corrected chi connectivity index (χ2v) is 11.6. The number of aliphatic hydroxyl groups excluding tert-OH is 1. The number of halogens is 2. The van der Waals surface area contributed by atoms with Crippen molar-refractivity contribution >= 4 is 40.7 Å². The van der Waals surface area contributed by atoms with Crippen molar-refractivity contribution in [2.75, 3.05) is 39.4 Å². The number of aliphatic hydroxyl groups is 1. The van der Waals surface area contributed by atoms with E-state index in [9.17, 15) is 18.4 Å². The zero-order valence-corrected chi connectivity index (χ0v) is 23.7. The van der Waals surface area contributed by atoms with E-state index in [1.165, 1.54) is 4.31 Å². The van der Waals surface area contributed by atoms with Crippen LogP contribution in [0.4, 0.5) is 0 Å². The summed E-state index contributed by atoms with van der Waals surface area (Å²) in [5.41, 5.74) is 5.56. The number of hydrogen-bond acceptors (Lipinski definition) is 8. The Kier molecular flexibility index (Phi) is 11.8. The molecule has 1 amide bonds. The van der Waals surface area contributed by atoms with Crippen LogP contribution in [0, 0.1) is 6.92 Å². The fourth-order valence-corrected chi connectivity index (χ4v) is 7.42. The van der Waals surface area contributed by atoms with Crippen LogP contribution in [0.5, 0.6) is 5.88 Å². The van der Waals surface area contributed by atoms with Gasteiger partial charge in [-0.05, 0) is 68.8 Å². The highest BCUT2D eigenvalue weighted by Crippen LogP contribution is 2.37. The van der Waals surface area contributed by atoms with Gasteiger partial charge < -0.3 is 15.2 Å². The lowest BCUT2D eigenvalue weighted by Gasteiger charge is -2.41. The van der Waals surface area contributed by atoms with Gasteiger partial charge >= 0.3 is 0 Å². The minimum atomic E-state index is -3.94. The van der Waals surface area contributed by atoms with Crippen molar-refractivity contribution in [1.29, 1.82) is 0 Å². The Labute approximate surface area is 236 Å². The van der Waals surface area contributed by atoms with Gasteiger partial charge in [0.2, 0.25) is 15.9 Å². The Morgan fingerprint density at radius 1 is 1.18 bits per heavy atom. The monoisotopic (exact) mass is 590 g/mol. The molecule has 2 aliphatic rings.